The second-order valence-corrected chi connectivity index (χ2v) is 6.04. The molecule has 2 saturated heterocycles. The fourth-order valence-corrected chi connectivity index (χ4v) is 3.16. The zero-order valence-corrected chi connectivity index (χ0v) is 13.0. The number of rotatable bonds is 6. The Morgan fingerprint density at radius 2 is 2.32 bits per heavy atom. The molecule has 0 unspecified atom stereocenters. The van der Waals surface area contributed by atoms with Gasteiger partial charge in [-0.15, -0.1) is 0 Å². The normalized spacial score (nSPS) is 26.0. The zero-order valence-electron chi connectivity index (χ0n) is 13.0. The van der Waals surface area contributed by atoms with Crippen molar-refractivity contribution in [1.29, 1.82) is 0 Å². The minimum atomic E-state index is -0.124. The third-order valence-electron chi connectivity index (χ3n) is 4.25. The van der Waals surface area contributed by atoms with Crippen molar-refractivity contribution in [3.8, 4) is 5.75 Å². The maximum atomic E-state index is 12.0. The summed E-state index contributed by atoms with van der Waals surface area (Å²) in [6, 6.07) is 7.88. The molecule has 5 nitrogen and oxygen atoms in total. The fraction of sp³-hybridized carbons (Fsp3) is 0.588. The van der Waals surface area contributed by atoms with E-state index in [1.165, 1.54) is 0 Å². The summed E-state index contributed by atoms with van der Waals surface area (Å²) >= 11 is 0. The number of ether oxygens (including phenoxy) is 2. The van der Waals surface area contributed by atoms with Crippen LogP contribution in [0.2, 0.25) is 0 Å². The summed E-state index contributed by atoms with van der Waals surface area (Å²) in [6.07, 6.45) is 4.68. The van der Waals surface area contributed by atoms with E-state index in [9.17, 15) is 4.79 Å². The SMILES string of the molecule is CCCOc1cccc(CNC(=O)N[C@@H]2C[C@H]3CC[C@H]2O3)c1. The van der Waals surface area contributed by atoms with E-state index < -0.39 is 0 Å². The highest BCUT2D eigenvalue weighted by Crippen LogP contribution is 2.34. The molecule has 0 aromatic heterocycles. The number of fused-ring (bicyclic) bond motifs is 2. The molecule has 22 heavy (non-hydrogen) atoms. The number of benzene rings is 1. The van der Waals surface area contributed by atoms with Crippen LogP contribution in [0.5, 0.6) is 5.75 Å². The third kappa shape index (κ3) is 3.71. The van der Waals surface area contributed by atoms with Gasteiger partial charge >= 0.3 is 6.03 Å². The van der Waals surface area contributed by atoms with Crippen molar-refractivity contribution in [3.05, 3.63) is 29.8 Å². The predicted octanol–water partition coefficient (Wildman–Crippen LogP) is 2.59. The highest BCUT2D eigenvalue weighted by Gasteiger charge is 2.41. The maximum Gasteiger partial charge on any atom is 0.315 e. The molecule has 2 aliphatic rings. The van der Waals surface area contributed by atoms with E-state index >= 15 is 0 Å². The summed E-state index contributed by atoms with van der Waals surface area (Å²) in [5.74, 6) is 0.850. The van der Waals surface area contributed by atoms with Gasteiger partial charge in [-0.3, -0.25) is 0 Å². The quantitative estimate of drug-likeness (QED) is 0.849. The molecule has 0 spiro atoms. The molecule has 0 radical (unpaired) electrons. The van der Waals surface area contributed by atoms with Crippen LogP contribution in [0, 0.1) is 0 Å². The first-order valence-corrected chi connectivity index (χ1v) is 8.16. The first-order chi connectivity index (χ1) is 10.7. The van der Waals surface area contributed by atoms with Crippen LogP contribution in [0.1, 0.15) is 38.2 Å². The Labute approximate surface area is 131 Å². The fourth-order valence-electron chi connectivity index (χ4n) is 3.16. The number of carbonyl (C=O) groups excluding carboxylic acids is 1. The van der Waals surface area contributed by atoms with Gasteiger partial charge in [-0.2, -0.15) is 0 Å². The number of urea groups is 1. The molecule has 3 rings (SSSR count). The average Bonchev–Trinajstić information content (AvgIpc) is 3.14. The molecule has 2 amide bonds. The molecule has 0 aliphatic carbocycles. The van der Waals surface area contributed by atoms with Crippen molar-refractivity contribution in [2.45, 2.75) is 57.4 Å². The second-order valence-electron chi connectivity index (χ2n) is 6.04. The first-order valence-electron chi connectivity index (χ1n) is 8.16. The number of carbonyl (C=O) groups is 1. The van der Waals surface area contributed by atoms with E-state index in [4.69, 9.17) is 9.47 Å². The molecule has 2 N–H and O–H groups in total. The molecule has 2 aliphatic heterocycles. The van der Waals surface area contributed by atoms with Crippen molar-refractivity contribution in [2.75, 3.05) is 6.61 Å². The Balaban J connectivity index is 1.44. The summed E-state index contributed by atoms with van der Waals surface area (Å²) in [6.45, 7) is 3.29. The second kappa shape index (κ2) is 7.01. The van der Waals surface area contributed by atoms with Crippen LogP contribution in [-0.2, 0) is 11.3 Å². The van der Waals surface area contributed by atoms with Crippen molar-refractivity contribution in [2.24, 2.45) is 0 Å². The molecule has 3 atom stereocenters. The van der Waals surface area contributed by atoms with Gasteiger partial charge in [-0.1, -0.05) is 19.1 Å². The minimum Gasteiger partial charge on any atom is -0.494 e. The minimum absolute atomic E-state index is 0.124. The lowest BCUT2D eigenvalue weighted by molar-refractivity contribution is 0.0981. The highest BCUT2D eigenvalue weighted by molar-refractivity contribution is 5.74. The molecule has 2 heterocycles. The summed E-state index contributed by atoms with van der Waals surface area (Å²) in [5.41, 5.74) is 1.04. The summed E-state index contributed by atoms with van der Waals surface area (Å²) in [7, 11) is 0. The Morgan fingerprint density at radius 3 is 3.05 bits per heavy atom. The largest absolute Gasteiger partial charge is 0.494 e. The monoisotopic (exact) mass is 304 g/mol. The van der Waals surface area contributed by atoms with Crippen molar-refractivity contribution in [1.82, 2.24) is 10.6 Å². The van der Waals surface area contributed by atoms with E-state index in [-0.39, 0.29) is 18.2 Å². The van der Waals surface area contributed by atoms with Crippen LogP contribution in [0.4, 0.5) is 4.79 Å². The Morgan fingerprint density at radius 1 is 1.41 bits per heavy atom. The van der Waals surface area contributed by atoms with Crippen molar-refractivity contribution in [3.63, 3.8) is 0 Å². The Bertz CT molecular complexity index is 520. The molecular formula is C17H24N2O3. The van der Waals surface area contributed by atoms with Gasteiger partial charge in [-0.05, 0) is 43.4 Å². The van der Waals surface area contributed by atoms with Gasteiger partial charge in [0.25, 0.3) is 0 Å². The van der Waals surface area contributed by atoms with Gasteiger partial charge in [0, 0.05) is 6.54 Å². The first kappa shape index (κ1) is 15.2. The molecule has 2 bridgehead atoms. The lowest BCUT2D eigenvalue weighted by atomic mass is 9.96. The average molecular weight is 304 g/mol. The Hall–Kier alpha value is -1.75. The zero-order chi connectivity index (χ0) is 15.4. The summed E-state index contributed by atoms with van der Waals surface area (Å²) < 4.78 is 11.3. The summed E-state index contributed by atoms with van der Waals surface area (Å²) in [5, 5.41) is 5.93. The van der Waals surface area contributed by atoms with Crippen LogP contribution < -0.4 is 15.4 Å². The standard InChI is InChI=1S/C17H24N2O3/c1-2-8-21-13-5-3-4-12(9-13)11-18-17(20)19-15-10-14-6-7-16(15)22-14/h3-5,9,14-16H,2,6-8,10-11H2,1H3,(H2,18,19,20)/t14-,15-,16-/m1/s1. The number of nitrogens with one attached hydrogen (secondary N) is 2. The van der Waals surface area contributed by atoms with Gasteiger partial charge in [0.15, 0.2) is 0 Å². The van der Waals surface area contributed by atoms with E-state index in [2.05, 4.69) is 17.6 Å². The van der Waals surface area contributed by atoms with E-state index in [1.807, 2.05) is 24.3 Å². The topological polar surface area (TPSA) is 59.6 Å². The number of amides is 2. The van der Waals surface area contributed by atoms with Crippen LogP contribution >= 0.6 is 0 Å². The van der Waals surface area contributed by atoms with E-state index in [0.29, 0.717) is 19.3 Å². The lowest BCUT2D eigenvalue weighted by Crippen LogP contribution is -2.46. The van der Waals surface area contributed by atoms with Crippen molar-refractivity contribution >= 4 is 6.03 Å². The van der Waals surface area contributed by atoms with Crippen LogP contribution in [0.15, 0.2) is 24.3 Å². The van der Waals surface area contributed by atoms with Crippen LogP contribution in [-0.4, -0.2) is 30.9 Å². The Kier molecular flexibility index (Phi) is 4.83. The molecular weight excluding hydrogens is 280 g/mol. The molecule has 0 saturated carbocycles. The highest BCUT2D eigenvalue weighted by atomic mass is 16.5. The van der Waals surface area contributed by atoms with Crippen molar-refractivity contribution < 1.29 is 14.3 Å². The van der Waals surface area contributed by atoms with Gasteiger partial charge < -0.3 is 20.1 Å². The van der Waals surface area contributed by atoms with Crippen LogP contribution in [0.25, 0.3) is 0 Å². The predicted molar refractivity (Wildman–Crippen MR) is 83.9 cm³/mol. The molecule has 1 aromatic carbocycles. The van der Waals surface area contributed by atoms with Gasteiger partial charge in [0.1, 0.15) is 5.75 Å². The van der Waals surface area contributed by atoms with Gasteiger partial charge in [0.2, 0.25) is 0 Å². The smallest absolute Gasteiger partial charge is 0.315 e. The molecule has 5 heteroatoms. The summed E-state index contributed by atoms with van der Waals surface area (Å²) in [4.78, 5) is 12.0. The number of hydrogen-bond acceptors (Lipinski definition) is 3. The third-order valence-corrected chi connectivity index (χ3v) is 4.25. The van der Waals surface area contributed by atoms with Gasteiger partial charge in [-0.25, -0.2) is 4.79 Å². The molecule has 120 valence electrons. The molecule has 1 aromatic rings. The van der Waals surface area contributed by atoms with Crippen LogP contribution in [0.3, 0.4) is 0 Å². The lowest BCUT2D eigenvalue weighted by Gasteiger charge is -2.20. The number of hydrogen-bond donors (Lipinski definition) is 2. The van der Waals surface area contributed by atoms with E-state index in [0.717, 1.165) is 37.0 Å². The van der Waals surface area contributed by atoms with E-state index in [1.54, 1.807) is 0 Å². The van der Waals surface area contributed by atoms with Gasteiger partial charge in [0.05, 0.1) is 24.9 Å². The molecule has 2 fully saturated rings. The maximum absolute atomic E-state index is 12.0.